The lowest BCUT2D eigenvalue weighted by atomic mass is 10.1. The van der Waals surface area contributed by atoms with E-state index in [1.54, 1.807) is 6.92 Å². The van der Waals surface area contributed by atoms with E-state index in [0.29, 0.717) is 12.4 Å². The number of ether oxygens (including phenoxy) is 1. The molecule has 2 aromatic rings. The quantitative estimate of drug-likeness (QED) is 0.867. The van der Waals surface area contributed by atoms with Gasteiger partial charge < -0.3 is 14.9 Å². The van der Waals surface area contributed by atoms with Crippen LogP contribution in [0.3, 0.4) is 0 Å². The molecule has 0 radical (unpaired) electrons. The number of hydrogen-bond acceptors (Lipinski definition) is 3. The van der Waals surface area contributed by atoms with E-state index in [1.807, 2.05) is 48.5 Å². The molecule has 0 saturated carbocycles. The van der Waals surface area contributed by atoms with Crippen LogP contribution in [0.2, 0.25) is 0 Å². The summed E-state index contributed by atoms with van der Waals surface area (Å²) in [6.07, 6.45) is -0.548. The van der Waals surface area contributed by atoms with Crippen LogP contribution in [0.5, 0.6) is 5.75 Å². The topological polar surface area (TPSA) is 49.7 Å². The van der Waals surface area contributed by atoms with Crippen molar-refractivity contribution in [3.05, 3.63) is 65.2 Å². The van der Waals surface area contributed by atoms with Crippen LogP contribution in [-0.2, 0) is 13.2 Å². The Hall–Kier alpha value is -1.84. The van der Waals surface area contributed by atoms with E-state index in [2.05, 4.69) is 0 Å². The fourth-order valence-corrected chi connectivity index (χ4v) is 1.86. The Kier molecular flexibility index (Phi) is 4.55. The van der Waals surface area contributed by atoms with Gasteiger partial charge in [0, 0.05) is 5.56 Å². The zero-order valence-electron chi connectivity index (χ0n) is 10.9. The highest BCUT2D eigenvalue weighted by Gasteiger charge is 2.08. The molecule has 0 amide bonds. The third-order valence-corrected chi connectivity index (χ3v) is 2.97. The fraction of sp³-hybridized carbons (Fsp3) is 0.250. The number of hydrogen-bond donors (Lipinski definition) is 2. The second kappa shape index (κ2) is 6.36. The molecule has 0 unspecified atom stereocenters. The maximum absolute atomic E-state index is 9.66. The minimum Gasteiger partial charge on any atom is -0.489 e. The SMILES string of the molecule is C[C@@H](O)c1ccccc1OCc1ccc(CO)cc1. The van der Waals surface area contributed by atoms with Crippen molar-refractivity contribution in [2.75, 3.05) is 0 Å². The molecular formula is C16H18O3. The number of aliphatic hydroxyl groups excluding tert-OH is 2. The predicted octanol–water partition coefficient (Wildman–Crippen LogP) is 2.81. The van der Waals surface area contributed by atoms with Gasteiger partial charge in [-0.1, -0.05) is 42.5 Å². The summed E-state index contributed by atoms with van der Waals surface area (Å²) in [5, 5.41) is 18.6. The summed E-state index contributed by atoms with van der Waals surface area (Å²) in [4.78, 5) is 0. The van der Waals surface area contributed by atoms with Gasteiger partial charge in [0.1, 0.15) is 12.4 Å². The van der Waals surface area contributed by atoms with Crippen molar-refractivity contribution in [1.82, 2.24) is 0 Å². The molecule has 2 rings (SSSR count). The monoisotopic (exact) mass is 258 g/mol. The van der Waals surface area contributed by atoms with Crippen LogP contribution in [0.4, 0.5) is 0 Å². The Bertz CT molecular complexity index is 518. The summed E-state index contributed by atoms with van der Waals surface area (Å²) < 4.78 is 5.74. The Morgan fingerprint density at radius 1 is 1.00 bits per heavy atom. The zero-order chi connectivity index (χ0) is 13.7. The van der Waals surface area contributed by atoms with Gasteiger partial charge in [0.05, 0.1) is 12.7 Å². The summed E-state index contributed by atoms with van der Waals surface area (Å²) in [5.41, 5.74) is 2.69. The summed E-state index contributed by atoms with van der Waals surface area (Å²) in [7, 11) is 0. The van der Waals surface area contributed by atoms with E-state index in [-0.39, 0.29) is 6.61 Å². The van der Waals surface area contributed by atoms with Gasteiger partial charge in [-0.25, -0.2) is 0 Å². The van der Waals surface area contributed by atoms with Crippen molar-refractivity contribution in [2.45, 2.75) is 26.2 Å². The molecule has 2 N–H and O–H groups in total. The summed E-state index contributed by atoms with van der Waals surface area (Å²) in [5.74, 6) is 0.698. The molecule has 0 fully saturated rings. The van der Waals surface area contributed by atoms with E-state index >= 15 is 0 Å². The number of rotatable bonds is 5. The highest BCUT2D eigenvalue weighted by molar-refractivity contribution is 5.35. The maximum atomic E-state index is 9.66. The molecule has 19 heavy (non-hydrogen) atoms. The third kappa shape index (κ3) is 3.56. The van der Waals surface area contributed by atoms with E-state index in [0.717, 1.165) is 16.7 Å². The minimum absolute atomic E-state index is 0.0476. The molecule has 0 aromatic heterocycles. The van der Waals surface area contributed by atoms with E-state index in [4.69, 9.17) is 9.84 Å². The normalized spacial score (nSPS) is 12.2. The van der Waals surface area contributed by atoms with Gasteiger partial charge in [-0.2, -0.15) is 0 Å². The maximum Gasteiger partial charge on any atom is 0.125 e. The molecule has 100 valence electrons. The van der Waals surface area contributed by atoms with Gasteiger partial charge in [0.15, 0.2) is 0 Å². The van der Waals surface area contributed by atoms with Crippen molar-refractivity contribution in [2.24, 2.45) is 0 Å². The first-order chi connectivity index (χ1) is 9.20. The molecule has 0 aliphatic heterocycles. The van der Waals surface area contributed by atoms with Crippen LogP contribution in [0.25, 0.3) is 0 Å². The minimum atomic E-state index is -0.548. The van der Waals surface area contributed by atoms with Gasteiger partial charge >= 0.3 is 0 Å². The smallest absolute Gasteiger partial charge is 0.125 e. The van der Waals surface area contributed by atoms with Crippen LogP contribution in [0.1, 0.15) is 29.7 Å². The van der Waals surface area contributed by atoms with Crippen LogP contribution >= 0.6 is 0 Å². The van der Waals surface area contributed by atoms with Gasteiger partial charge in [0.2, 0.25) is 0 Å². The van der Waals surface area contributed by atoms with Crippen molar-refractivity contribution in [3.8, 4) is 5.75 Å². The standard InChI is InChI=1S/C16H18O3/c1-12(18)15-4-2-3-5-16(15)19-11-14-8-6-13(10-17)7-9-14/h2-9,12,17-18H,10-11H2,1H3/t12-/m1/s1. The average molecular weight is 258 g/mol. The van der Waals surface area contributed by atoms with Gasteiger partial charge in [-0.05, 0) is 24.1 Å². The molecule has 0 bridgehead atoms. The Morgan fingerprint density at radius 3 is 2.26 bits per heavy atom. The van der Waals surface area contributed by atoms with E-state index < -0.39 is 6.10 Å². The van der Waals surface area contributed by atoms with Crippen molar-refractivity contribution in [1.29, 1.82) is 0 Å². The largest absolute Gasteiger partial charge is 0.489 e. The van der Waals surface area contributed by atoms with Crippen LogP contribution < -0.4 is 4.74 Å². The second-order valence-electron chi connectivity index (χ2n) is 4.48. The van der Waals surface area contributed by atoms with E-state index in [9.17, 15) is 5.11 Å². The molecule has 0 aliphatic rings. The van der Waals surface area contributed by atoms with Crippen molar-refractivity contribution >= 4 is 0 Å². The first-order valence-electron chi connectivity index (χ1n) is 6.29. The molecule has 3 heteroatoms. The molecule has 1 atom stereocenters. The average Bonchev–Trinajstić information content (AvgIpc) is 2.46. The Balaban J connectivity index is 2.05. The number of para-hydroxylation sites is 1. The van der Waals surface area contributed by atoms with Crippen LogP contribution in [0, 0.1) is 0 Å². The molecule has 2 aromatic carbocycles. The summed E-state index contributed by atoms with van der Waals surface area (Å²) in [6.45, 7) is 2.21. The third-order valence-electron chi connectivity index (χ3n) is 2.97. The summed E-state index contributed by atoms with van der Waals surface area (Å²) >= 11 is 0. The zero-order valence-corrected chi connectivity index (χ0v) is 10.9. The van der Waals surface area contributed by atoms with Gasteiger partial charge in [-0.15, -0.1) is 0 Å². The molecule has 3 nitrogen and oxygen atoms in total. The summed E-state index contributed by atoms with van der Waals surface area (Å²) in [6, 6.07) is 15.1. The lowest BCUT2D eigenvalue weighted by molar-refractivity contribution is 0.190. The van der Waals surface area contributed by atoms with Gasteiger partial charge in [0.25, 0.3) is 0 Å². The molecule has 0 saturated heterocycles. The predicted molar refractivity (Wildman–Crippen MR) is 73.8 cm³/mol. The Morgan fingerprint density at radius 2 is 1.63 bits per heavy atom. The van der Waals surface area contributed by atoms with Crippen molar-refractivity contribution < 1.29 is 14.9 Å². The van der Waals surface area contributed by atoms with Crippen molar-refractivity contribution in [3.63, 3.8) is 0 Å². The lowest BCUT2D eigenvalue weighted by Crippen LogP contribution is -2.00. The first-order valence-corrected chi connectivity index (χ1v) is 6.29. The second-order valence-corrected chi connectivity index (χ2v) is 4.48. The first kappa shape index (κ1) is 13.6. The van der Waals surface area contributed by atoms with Crippen LogP contribution in [0.15, 0.2) is 48.5 Å². The van der Waals surface area contributed by atoms with E-state index in [1.165, 1.54) is 0 Å². The highest BCUT2D eigenvalue weighted by Crippen LogP contribution is 2.25. The molecule has 0 spiro atoms. The molecule has 0 aliphatic carbocycles. The lowest BCUT2D eigenvalue weighted by Gasteiger charge is -2.13. The fourth-order valence-electron chi connectivity index (χ4n) is 1.86. The molecule has 0 heterocycles. The highest BCUT2D eigenvalue weighted by atomic mass is 16.5. The van der Waals surface area contributed by atoms with Crippen LogP contribution in [-0.4, -0.2) is 10.2 Å². The number of benzene rings is 2. The van der Waals surface area contributed by atoms with Gasteiger partial charge in [-0.3, -0.25) is 0 Å². The molecular weight excluding hydrogens is 240 g/mol. The Labute approximate surface area is 113 Å². The number of aliphatic hydroxyl groups is 2.